The molecule has 1 unspecified atom stereocenters. The van der Waals surface area contributed by atoms with Gasteiger partial charge in [-0.15, -0.1) is 0 Å². The number of ketones is 1. The van der Waals surface area contributed by atoms with Crippen LogP contribution in [-0.4, -0.2) is 27.3 Å². The fourth-order valence-electron chi connectivity index (χ4n) is 3.39. The van der Waals surface area contributed by atoms with Crippen LogP contribution in [-0.2, 0) is 6.54 Å². The van der Waals surface area contributed by atoms with Crippen molar-refractivity contribution in [1.82, 2.24) is 14.9 Å². The zero-order valence-electron chi connectivity index (χ0n) is 16.9. The van der Waals surface area contributed by atoms with Crippen LogP contribution < -0.4 is 5.32 Å². The minimum atomic E-state index is -1.05. The summed E-state index contributed by atoms with van der Waals surface area (Å²) in [6.07, 6.45) is 4.66. The molecule has 1 N–H and O–H groups in total. The Kier molecular flexibility index (Phi) is 6.17. The first-order chi connectivity index (χ1) is 15.5. The second-order valence-corrected chi connectivity index (χ2v) is 7.22. The van der Waals surface area contributed by atoms with E-state index < -0.39 is 29.4 Å². The van der Waals surface area contributed by atoms with Crippen molar-refractivity contribution in [2.45, 2.75) is 12.6 Å². The minimum Gasteiger partial charge on any atom is -0.340 e. The van der Waals surface area contributed by atoms with Crippen LogP contribution in [0.25, 0.3) is 11.1 Å². The van der Waals surface area contributed by atoms with Gasteiger partial charge in [-0.05, 0) is 35.4 Å². The topological polar surface area (TPSA) is 64.0 Å². The van der Waals surface area contributed by atoms with Crippen LogP contribution in [0.2, 0.25) is 0 Å². The molecule has 5 nitrogen and oxygen atoms in total. The molecule has 0 aliphatic rings. The summed E-state index contributed by atoms with van der Waals surface area (Å²) in [5.41, 5.74) is 1.37. The van der Waals surface area contributed by atoms with Gasteiger partial charge in [0.05, 0.1) is 18.4 Å². The third kappa shape index (κ3) is 4.78. The molecule has 3 aromatic carbocycles. The van der Waals surface area contributed by atoms with E-state index in [2.05, 4.69) is 10.3 Å². The number of amides is 1. The Morgan fingerprint density at radius 2 is 1.75 bits per heavy atom. The summed E-state index contributed by atoms with van der Waals surface area (Å²) in [5.74, 6) is -2.50. The lowest BCUT2D eigenvalue weighted by molar-refractivity contribution is 0.0845. The summed E-state index contributed by atoms with van der Waals surface area (Å²) in [6.45, 7) is 0.0603. The number of nitrogens with zero attached hydrogens (tertiary/aromatic N) is 2. The van der Waals surface area contributed by atoms with Gasteiger partial charge in [0.15, 0.2) is 5.78 Å². The van der Waals surface area contributed by atoms with Crippen LogP contribution in [0.15, 0.2) is 91.5 Å². The van der Waals surface area contributed by atoms with Gasteiger partial charge in [0.2, 0.25) is 0 Å². The molecule has 0 saturated carbocycles. The number of halogens is 2. The second kappa shape index (κ2) is 9.34. The zero-order valence-corrected chi connectivity index (χ0v) is 16.9. The number of hydrogen-bond acceptors (Lipinski definition) is 3. The maximum Gasteiger partial charge on any atom is 0.254 e. The largest absolute Gasteiger partial charge is 0.340 e. The van der Waals surface area contributed by atoms with E-state index in [0.29, 0.717) is 5.56 Å². The van der Waals surface area contributed by atoms with Crippen molar-refractivity contribution in [2.75, 3.05) is 0 Å². The maximum absolute atomic E-state index is 14.8. The van der Waals surface area contributed by atoms with Gasteiger partial charge in [-0.3, -0.25) is 9.59 Å². The molecule has 1 atom stereocenters. The fourth-order valence-corrected chi connectivity index (χ4v) is 3.39. The van der Waals surface area contributed by atoms with Crippen LogP contribution in [0.3, 0.4) is 0 Å². The molecular formula is C25H19F2N3O2. The lowest BCUT2D eigenvalue weighted by atomic mass is 10.0. The second-order valence-electron chi connectivity index (χ2n) is 7.22. The van der Waals surface area contributed by atoms with E-state index >= 15 is 0 Å². The van der Waals surface area contributed by atoms with E-state index in [1.165, 1.54) is 42.9 Å². The molecule has 1 amide bonds. The van der Waals surface area contributed by atoms with E-state index in [-0.39, 0.29) is 17.7 Å². The Morgan fingerprint density at radius 1 is 0.938 bits per heavy atom. The predicted molar refractivity (Wildman–Crippen MR) is 116 cm³/mol. The highest BCUT2D eigenvalue weighted by molar-refractivity contribution is 6.04. The molecule has 1 heterocycles. The Balaban J connectivity index is 1.59. The highest BCUT2D eigenvalue weighted by Gasteiger charge is 2.25. The summed E-state index contributed by atoms with van der Waals surface area (Å²) in [4.78, 5) is 29.8. The summed E-state index contributed by atoms with van der Waals surface area (Å²) in [6, 6.07) is 17.7. The Hall–Kier alpha value is -4.13. The maximum atomic E-state index is 14.8. The van der Waals surface area contributed by atoms with Crippen molar-refractivity contribution >= 4 is 11.7 Å². The molecule has 32 heavy (non-hydrogen) atoms. The number of nitrogens with one attached hydrogen (secondary N) is 1. The van der Waals surface area contributed by atoms with Gasteiger partial charge in [0.25, 0.3) is 5.91 Å². The van der Waals surface area contributed by atoms with Crippen LogP contribution in [0.4, 0.5) is 8.78 Å². The van der Waals surface area contributed by atoms with Gasteiger partial charge < -0.3 is 9.88 Å². The zero-order chi connectivity index (χ0) is 22.5. The SMILES string of the molecule is O=C(NC(Cn1ccnc1)C(=O)c1cccc(F)c1)c1ccc(-c2ccccc2)cc1F. The van der Waals surface area contributed by atoms with Crippen LogP contribution in [0.1, 0.15) is 20.7 Å². The average molecular weight is 431 g/mol. The highest BCUT2D eigenvalue weighted by Crippen LogP contribution is 2.22. The van der Waals surface area contributed by atoms with E-state index in [4.69, 9.17) is 0 Å². The van der Waals surface area contributed by atoms with E-state index in [1.54, 1.807) is 16.8 Å². The molecule has 4 rings (SSSR count). The van der Waals surface area contributed by atoms with Gasteiger partial charge in [0, 0.05) is 18.0 Å². The highest BCUT2D eigenvalue weighted by atomic mass is 19.1. The first-order valence-corrected chi connectivity index (χ1v) is 9.92. The number of aromatic nitrogens is 2. The molecule has 4 aromatic rings. The summed E-state index contributed by atoms with van der Waals surface area (Å²) in [7, 11) is 0. The Bertz CT molecular complexity index is 1240. The van der Waals surface area contributed by atoms with Crippen molar-refractivity contribution in [2.24, 2.45) is 0 Å². The molecule has 0 aliphatic carbocycles. The van der Waals surface area contributed by atoms with Gasteiger partial charge >= 0.3 is 0 Å². The molecule has 7 heteroatoms. The van der Waals surface area contributed by atoms with Crippen molar-refractivity contribution in [3.63, 3.8) is 0 Å². The number of carbonyl (C=O) groups excluding carboxylic acids is 2. The first kappa shape index (κ1) is 21.1. The van der Waals surface area contributed by atoms with E-state index in [9.17, 15) is 18.4 Å². The van der Waals surface area contributed by atoms with Crippen LogP contribution in [0.5, 0.6) is 0 Å². The van der Waals surface area contributed by atoms with Gasteiger partial charge in [-0.1, -0.05) is 48.5 Å². The molecule has 0 radical (unpaired) electrons. The summed E-state index contributed by atoms with van der Waals surface area (Å²) in [5, 5.41) is 2.59. The Morgan fingerprint density at radius 3 is 2.44 bits per heavy atom. The van der Waals surface area contributed by atoms with Crippen molar-refractivity contribution < 1.29 is 18.4 Å². The van der Waals surface area contributed by atoms with Gasteiger partial charge in [0.1, 0.15) is 17.7 Å². The first-order valence-electron chi connectivity index (χ1n) is 9.92. The van der Waals surface area contributed by atoms with Crippen LogP contribution >= 0.6 is 0 Å². The summed E-state index contributed by atoms with van der Waals surface area (Å²) >= 11 is 0. The summed E-state index contributed by atoms with van der Waals surface area (Å²) < 4.78 is 30.0. The molecule has 0 bridgehead atoms. The average Bonchev–Trinajstić information content (AvgIpc) is 3.32. The molecule has 160 valence electrons. The third-order valence-electron chi connectivity index (χ3n) is 5.00. The number of hydrogen-bond donors (Lipinski definition) is 1. The standard InChI is InChI=1S/C25H19F2N3O2/c26-20-8-4-7-19(13-20)24(31)23(15-30-12-11-28-16-30)29-25(32)21-10-9-18(14-22(21)27)17-5-2-1-3-6-17/h1-14,16,23H,15H2,(H,29,32). The number of carbonyl (C=O) groups is 2. The van der Waals surface area contributed by atoms with E-state index in [0.717, 1.165) is 11.6 Å². The molecule has 1 aromatic heterocycles. The third-order valence-corrected chi connectivity index (χ3v) is 5.00. The minimum absolute atomic E-state index is 0.0603. The van der Waals surface area contributed by atoms with Gasteiger partial charge in [-0.2, -0.15) is 0 Å². The quantitative estimate of drug-likeness (QED) is 0.438. The molecule has 0 fully saturated rings. The van der Waals surface area contributed by atoms with Crippen molar-refractivity contribution in [3.8, 4) is 11.1 Å². The van der Waals surface area contributed by atoms with E-state index in [1.807, 2.05) is 30.3 Å². The van der Waals surface area contributed by atoms with Crippen LogP contribution in [0, 0.1) is 11.6 Å². The predicted octanol–water partition coefficient (Wildman–Crippen LogP) is 4.51. The molecule has 0 aliphatic heterocycles. The number of rotatable bonds is 7. The monoisotopic (exact) mass is 431 g/mol. The normalized spacial score (nSPS) is 11.7. The van der Waals surface area contributed by atoms with Crippen molar-refractivity contribution in [3.05, 3.63) is 114 Å². The fraction of sp³-hybridized carbons (Fsp3) is 0.0800. The molecule has 0 saturated heterocycles. The number of Topliss-reactive ketones (excluding diaryl/α,β-unsaturated/α-hetero) is 1. The lowest BCUT2D eigenvalue weighted by Gasteiger charge is -2.19. The number of benzene rings is 3. The Labute approximate surface area is 183 Å². The van der Waals surface area contributed by atoms with Crippen molar-refractivity contribution in [1.29, 1.82) is 0 Å². The molecule has 0 spiro atoms. The van der Waals surface area contributed by atoms with Gasteiger partial charge in [-0.25, -0.2) is 13.8 Å². The lowest BCUT2D eigenvalue weighted by Crippen LogP contribution is -2.44. The molecular weight excluding hydrogens is 412 g/mol. The number of imidazole rings is 1. The smallest absolute Gasteiger partial charge is 0.254 e.